The Morgan fingerprint density at radius 2 is 1.92 bits per heavy atom. The van der Waals surface area contributed by atoms with Gasteiger partial charge in [0.1, 0.15) is 11.8 Å². The monoisotopic (exact) mass is 322 g/mol. The molecule has 0 fully saturated rings. The van der Waals surface area contributed by atoms with Crippen molar-refractivity contribution in [2.45, 2.75) is 18.5 Å². The van der Waals surface area contributed by atoms with Gasteiger partial charge in [0.05, 0.1) is 13.2 Å². The number of aromatic nitrogens is 1. The van der Waals surface area contributed by atoms with E-state index in [9.17, 15) is 9.90 Å². The molecule has 2 atom stereocenters. The first-order valence-corrected chi connectivity index (χ1v) is 7.90. The summed E-state index contributed by atoms with van der Waals surface area (Å²) in [5, 5.41) is 14.7. The molecule has 5 nitrogen and oxygen atoms in total. The van der Waals surface area contributed by atoms with Gasteiger partial charge in [0.15, 0.2) is 0 Å². The van der Waals surface area contributed by atoms with Gasteiger partial charge in [0.25, 0.3) is 0 Å². The molecule has 3 N–H and O–H groups in total. The zero-order valence-corrected chi connectivity index (χ0v) is 13.2. The molecule has 3 aromatic rings. The van der Waals surface area contributed by atoms with Crippen molar-refractivity contribution in [3.05, 3.63) is 65.4 Å². The number of rotatable bonds is 2. The minimum atomic E-state index is -0.452. The number of aromatic amines is 1. The van der Waals surface area contributed by atoms with E-state index in [0.29, 0.717) is 6.42 Å². The number of carbonyl (C=O) groups is 1. The molecule has 0 aliphatic carbocycles. The molecule has 0 bridgehead atoms. The lowest BCUT2D eigenvalue weighted by Crippen LogP contribution is -2.45. The zero-order chi connectivity index (χ0) is 16.7. The van der Waals surface area contributed by atoms with Crippen LogP contribution in [0.15, 0.2) is 48.5 Å². The number of para-hydroxylation sites is 2. The first kappa shape index (κ1) is 14.8. The number of phenols is 1. The lowest BCUT2D eigenvalue weighted by atomic mass is 9.90. The molecule has 1 aliphatic rings. The molecule has 0 amide bonds. The van der Waals surface area contributed by atoms with E-state index in [0.717, 1.165) is 27.7 Å². The van der Waals surface area contributed by atoms with Crippen LogP contribution in [0.4, 0.5) is 0 Å². The van der Waals surface area contributed by atoms with Crippen LogP contribution in [0.5, 0.6) is 5.75 Å². The van der Waals surface area contributed by atoms with Gasteiger partial charge >= 0.3 is 5.97 Å². The number of hydrogen-bond donors (Lipinski definition) is 3. The third-order valence-electron chi connectivity index (χ3n) is 4.64. The van der Waals surface area contributed by atoms with Crippen molar-refractivity contribution in [1.29, 1.82) is 0 Å². The van der Waals surface area contributed by atoms with Crippen LogP contribution in [-0.4, -0.2) is 29.2 Å². The number of fused-ring (bicyclic) bond motifs is 3. The van der Waals surface area contributed by atoms with Gasteiger partial charge in [0.2, 0.25) is 0 Å². The quantitative estimate of drug-likeness (QED) is 0.634. The highest BCUT2D eigenvalue weighted by Gasteiger charge is 2.35. The van der Waals surface area contributed by atoms with Crippen molar-refractivity contribution in [3.8, 4) is 5.75 Å². The molecule has 2 heterocycles. The van der Waals surface area contributed by atoms with Gasteiger partial charge < -0.3 is 14.8 Å². The summed E-state index contributed by atoms with van der Waals surface area (Å²) in [5.41, 5.74) is 3.83. The molecule has 0 saturated carbocycles. The van der Waals surface area contributed by atoms with Crippen molar-refractivity contribution >= 4 is 16.9 Å². The predicted molar refractivity (Wildman–Crippen MR) is 90.9 cm³/mol. The second-order valence-corrected chi connectivity index (χ2v) is 6.00. The summed E-state index contributed by atoms with van der Waals surface area (Å²) >= 11 is 0. The third-order valence-corrected chi connectivity index (χ3v) is 4.64. The fraction of sp³-hybridized carbons (Fsp3) is 0.211. The van der Waals surface area contributed by atoms with Gasteiger partial charge in [-0.1, -0.05) is 36.4 Å². The number of nitrogens with one attached hydrogen (secondary N) is 2. The maximum Gasteiger partial charge on any atom is 0.323 e. The summed E-state index contributed by atoms with van der Waals surface area (Å²) in [6.07, 6.45) is 0.552. The highest BCUT2D eigenvalue weighted by Crippen LogP contribution is 2.37. The van der Waals surface area contributed by atoms with Gasteiger partial charge in [-0.15, -0.1) is 0 Å². The lowest BCUT2D eigenvalue weighted by molar-refractivity contribution is -0.143. The summed E-state index contributed by atoms with van der Waals surface area (Å²) in [4.78, 5) is 15.6. The smallest absolute Gasteiger partial charge is 0.323 e. The Kier molecular flexibility index (Phi) is 3.50. The Hall–Kier alpha value is -2.79. The van der Waals surface area contributed by atoms with E-state index in [1.807, 2.05) is 36.4 Å². The SMILES string of the molecule is COC(=O)[C@@H]1Cc2c([nH]c3ccccc23)[C@@H](c2ccccc2O)N1. The molecule has 0 spiro atoms. The Bertz CT molecular complexity index is 916. The van der Waals surface area contributed by atoms with Crippen molar-refractivity contribution in [1.82, 2.24) is 10.3 Å². The van der Waals surface area contributed by atoms with Crippen molar-refractivity contribution in [2.75, 3.05) is 7.11 Å². The molecule has 0 unspecified atom stereocenters. The number of carbonyl (C=O) groups excluding carboxylic acids is 1. The fourth-order valence-electron chi connectivity index (χ4n) is 3.51. The molecule has 0 radical (unpaired) electrons. The van der Waals surface area contributed by atoms with E-state index in [1.165, 1.54) is 7.11 Å². The maximum atomic E-state index is 12.1. The van der Waals surface area contributed by atoms with Crippen LogP contribution < -0.4 is 5.32 Å². The van der Waals surface area contributed by atoms with Crippen molar-refractivity contribution < 1.29 is 14.6 Å². The number of methoxy groups -OCH3 is 1. The third kappa shape index (κ3) is 2.25. The van der Waals surface area contributed by atoms with Gasteiger partial charge in [-0.25, -0.2) is 0 Å². The van der Waals surface area contributed by atoms with Crippen LogP contribution in [0.2, 0.25) is 0 Å². The van der Waals surface area contributed by atoms with Gasteiger partial charge in [-0.05, 0) is 17.7 Å². The molecular formula is C19H18N2O3. The minimum absolute atomic E-state index is 0.199. The van der Waals surface area contributed by atoms with E-state index in [4.69, 9.17) is 4.74 Å². The van der Waals surface area contributed by atoms with Crippen LogP contribution in [0.1, 0.15) is 22.9 Å². The fourth-order valence-corrected chi connectivity index (χ4v) is 3.51. The Labute approximate surface area is 139 Å². The normalized spacial score (nSPS) is 19.9. The Morgan fingerprint density at radius 1 is 1.17 bits per heavy atom. The topological polar surface area (TPSA) is 74.4 Å². The predicted octanol–water partition coefficient (Wildman–Crippen LogP) is 2.65. The average molecular weight is 322 g/mol. The highest BCUT2D eigenvalue weighted by atomic mass is 16.5. The second-order valence-electron chi connectivity index (χ2n) is 6.00. The van der Waals surface area contributed by atoms with Crippen LogP contribution in [0.25, 0.3) is 10.9 Å². The van der Waals surface area contributed by atoms with Crippen molar-refractivity contribution in [2.24, 2.45) is 0 Å². The first-order valence-electron chi connectivity index (χ1n) is 7.90. The molecule has 0 saturated heterocycles. The molecule has 1 aliphatic heterocycles. The average Bonchev–Trinajstić information content (AvgIpc) is 2.99. The van der Waals surface area contributed by atoms with E-state index >= 15 is 0 Å². The van der Waals surface area contributed by atoms with Gasteiger partial charge in [0, 0.05) is 28.6 Å². The number of phenolic OH excluding ortho intramolecular Hbond substituents is 1. The molecule has 1 aromatic heterocycles. The van der Waals surface area contributed by atoms with Crippen LogP contribution >= 0.6 is 0 Å². The van der Waals surface area contributed by atoms with Crippen LogP contribution in [-0.2, 0) is 16.0 Å². The lowest BCUT2D eigenvalue weighted by Gasteiger charge is -2.30. The largest absolute Gasteiger partial charge is 0.508 e. The zero-order valence-electron chi connectivity index (χ0n) is 13.2. The van der Waals surface area contributed by atoms with E-state index in [2.05, 4.69) is 10.3 Å². The maximum absolute atomic E-state index is 12.1. The Morgan fingerprint density at radius 3 is 2.71 bits per heavy atom. The molecule has 4 rings (SSSR count). The first-order chi connectivity index (χ1) is 11.7. The van der Waals surface area contributed by atoms with Gasteiger partial charge in [-0.2, -0.15) is 0 Å². The summed E-state index contributed by atoms with van der Waals surface area (Å²) in [5.74, 6) is -0.100. The van der Waals surface area contributed by atoms with Crippen LogP contribution in [0.3, 0.4) is 0 Å². The number of benzene rings is 2. The number of H-pyrrole nitrogens is 1. The Balaban J connectivity index is 1.90. The summed E-state index contributed by atoms with van der Waals surface area (Å²) in [6, 6.07) is 14.5. The number of esters is 1. The van der Waals surface area contributed by atoms with Crippen molar-refractivity contribution in [3.63, 3.8) is 0 Å². The summed E-state index contributed by atoms with van der Waals surface area (Å²) < 4.78 is 4.93. The number of hydrogen-bond acceptors (Lipinski definition) is 4. The molecule has 2 aromatic carbocycles. The van der Waals surface area contributed by atoms with E-state index in [1.54, 1.807) is 12.1 Å². The minimum Gasteiger partial charge on any atom is -0.508 e. The summed E-state index contributed by atoms with van der Waals surface area (Å²) in [7, 11) is 1.39. The van der Waals surface area contributed by atoms with E-state index < -0.39 is 6.04 Å². The van der Waals surface area contributed by atoms with Gasteiger partial charge in [-0.3, -0.25) is 10.1 Å². The van der Waals surface area contributed by atoms with Crippen LogP contribution in [0, 0.1) is 0 Å². The number of ether oxygens (including phenoxy) is 1. The molecule has 5 heteroatoms. The standard InChI is InChI=1S/C19H18N2O3/c1-24-19(23)15-10-13-11-6-2-4-8-14(11)20-18(13)17(21-15)12-7-3-5-9-16(12)22/h2-9,15,17,20-22H,10H2,1H3/t15-,17+/m0/s1. The van der Waals surface area contributed by atoms with E-state index in [-0.39, 0.29) is 17.8 Å². The molecule has 24 heavy (non-hydrogen) atoms. The molecular weight excluding hydrogens is 304 g/mol. The number of aromatic hydroxyl groups is 1. The highest BCUT2D eigenvalue weighted by molar-refractivity contribution is 5.87. The molecule has 122 valence electrons. The summed E-state index contributed by atoms with van der Waals surface area (Å²) in [6.45, 7) is 0. The second kappa shape index (κ2) is 5.69.